The molecule has 19 heavy (non-hydrogen) atoms. The molecule has 3 heterocycles. The largest absolute Gasteiger partial charge is 0.375 e. The smallest absolute Gasteiger partial charge is 0.176 e. The zero-order chi connectivity index (χ0) is 13.2. The number of hydrogen-bond donors (Lipinski definition) is 1. The zero-order valence-electron chi connectivity index (χ0n) is 11.7. The van der Waals surface area contributed by atoms with Crippen molar-refractivity contribution in [1.29, 1.82) is 0 Å². The van der Waals surface area contributed by atoms with Gasteiger partial charge in [-0.3, -0.25) is 0 Å². The Morgan fingerprint density at radius 3 is 2.95 bits per heavy atom. The SMILES string of the molecule is CCCNC(Cc1nnn(C)n1)C1CC2CCC1O2. The molecule has 2 aliphatic rings. The van der Waals surface area contributed by atoms with Crippen LogP contribution in [0.3, 0.4) is 0 Å². The quantitative estimate of drug-likeness (QED) is 0.820. The summed E-state index contributed by atoms with van der Waals surface area (Å²) in [6, 6.07) is 0.416. The monoisotopic (exact) mass is 265 g/mol. The fourth-order valence-corrected chi connectivity index (χ4v) is 3.41. The summed E-state index contributed by atoms with van der Waals surface area (Å²) in [5, 5.41) is 16.0. The van der Waals surface area contributed by atoms with E-state index in [0.29, 0.717) is 24.2 Å². The number of tetrazole rings is 1. The third kappa shape index (κ3) is 2.79. The minimum absolute atomic E-state index is 0.416. The van der Waals surface area contributed by atoms with Crippen LogP contribution in [-0.2, 0) is 18.2 Å². The summed E-state index contributed by atoms with van der Waals surface area (Å²) < 4.78 is 5.99. The number of ether oxygens (including phenoxy) is 1. The molecular formula is C13H23N5O. The van der Waals surface area contributed by atoms with Crippen LogP contribution in [0, 0.1) is 5.92 Å². The molecule has 2 fully saturated rings. The van der Waals surface area contributed by atoms with Crippen LogP contribution in [0.25, 0.3) is 0 Å². The second kappa shape index (κ2) is 5.54. The molecule has 2 aliphatic heterocycles. The Bertz CT molecular complexity index is 421. The minimum atomic E-state index is 0.416. The fraction of sp³-hybridized carbons (Fsp3) is 0.923. The molecule has 0 aromatic carbocycles. The topological polar surface area (TPSA) is 64.9 Å². The van der Waals surface area contributed by atoms with E-state index in [1.54, 1.807) is 0 Å². The van der Waals surface area contributed by atoms with E-state index in [2.05, 4.69) is 27.7 Å². The highest BCUT2D eigenvalue weighted by Gasteiger charge is 2.44. The van der Waals surface area contributed by atoms with Gasteiger partial charge in [0.25, 0.3) is 0 Å². The van der Waals surface area contributed by atoms with Crippen LogP contribution in [0.4, 0.5) is 0 Å². The van der Waals surface area contributed by atoms with Crippen molar-refractivity contribution in [2.45, 2.75) is 57.3 Å². The lowest BCUT2D eigenvalue weighted by Gasteiger charge is -2.28. The first-order chi connectivity index (χ1) is 9.26. The van der Waals surface area contributed by atoms with Gasteiger partial charge in [0, 0.05) is 18.4 Å². The van der Waals surface area contributed by atoms with Crippen molar-refractivity contribution >= 4 is 0 Å². The summed E-state index contributed by atoms with van der Waals surface area (Å²) in [5.74, 6) is 1.44. The third-order valence-electron chi connectivity index (χ3n) is 4.28. The minimum Gasteiger partial charge on any atom is -0.375 e. The molecule has 1 aromatic heterocycles. The lowest BCUT2D eigenvalue weighted by Crippen LogP contribution is -2.42. The molecule has 0 spiro atoms. The molecule has 6 nitrogen and oxygen atoms in total. The van der Waals surface area contributed by atoms with Crippen molar-refractivity contribution < 1.29 is 4.74 Å². The van der Waals surface area contributed by atoms with E-state index in [1.165, 1.54) is 24.1 Å². The van der Waals surface area contributed by atoms with E-state index >= 15 is 0 Å². The molecule has 106 valence electrons. The van der Waals surface area contributed by atoms with Gasteiger partial charge in [-0.05, 0) is 37.4 Å². The van der Waals surface area contributed by atoms with Crippen molar-refractivity contribution in [2.75, 3.05) is 6.54 Å². The van der Waals surface area contributed by atoms with Crippen LogP contribution in [0.5, 0.6) is 0 Å². The molecule has 6 heteroatoms. The lowest BCUT2D eigenvalue weighted by atomic mass is 9.82. The number of aromatic nitrogens is 4. The first-order valence-corrected chi connectivity index (χ1v) is 7.38. The van der Waals surface area contributed by atoms with Crippen molar-refractivity contribution in [1.82, 2.24) is 25.5 Å². The molecule has 0 amide bonds. The zero-order valence-corrected chi connectivity index (χ0v) is 11.7. The Morgan fingerprint density at radius 2 is 2.37 bits per heavy atom. The normalized spacial score (nSPS) is 30.9. The second-order valence-corrected chi connectivity index (χ2v) is 5.73. The predicted molar refractivity (Wildman–Crippen MR) is 70.6 cm³/mol. The van der Waals surface area contributed by atoms with Crippen LogP contribution in [-0.4, -0.2) is 45.0 Å². The molecule has 4 atom stereocenters. The number of hydrogen-bond acceptors (Lipinski definition) is 5. The third-order valence-corrected chi connectivity index (χ3v) is 4.28. The number of rotatable bonds is 6. The van der Waals surface area contributed by atoms with E-state index in [-0.39, 0.29) is 0 Å². The van der Waals surface area contributed by atoms with Gasteiger partial charge in [0.05, 0.1) is 19.3 Å². The van der Waals surface area contributed by atoms with Gasteiger partial charge in [0.2, 0.25) is 0 Å². The number of fused-ring (bicyclic) bond motifs is 2. The van der Waals surface area contributed by atoms with Gasteiger partial charge in [-0.25, -0.2) is 0 Å². The van der Waals surface area contributed by atoms with Gasteiger partial charge in [-0.15, -0.1) is 10.2 Å². The molecule has 3 rings (SSSR count). The molecule has 0 aliphatic carbocycles. The maximum atomic E-state index is 5.99. The number of nitrogens with zero attached hydrogens (tertiary/aromatic N) is 4. The standard InChI is InChI=1S/C13H23N5O/c1-3-6-14-11(8-13-15-17-18(2)16-13)10-7-9-4-5-12(10)19-9/h9-12,14H,3-8H2,1-2H3. The lowest BCUT2D eigenvalue weighted by molar-refractivity contribution is 0.0855. The Morgan fingerprint density at radius 1 is 1.47 bits per heavy atom. The maximum absolute atomic E-state index is 5.99. The average molecular weight is 265 g/mol. The summed E-state index contributed by atoms with van der Waals surface area (Å²) in [7, 11) is 1.81. The first-order valence-electron chi connectivity index (χ1n) is 7.38. The van der Waals surface area contributed by atoms with Crippen LogP contribution in [0.2, 0.25) is 0 Å². The molecular weight excluding hydrogens is 242 g/mol. The van der Waals surface area contributed by atoms with Crippen molar-refractivity contribution in [2.24, 2.45) is 13.0 Å². The summed E-state index contributed by atoms with van der Waals surface area (Å²) in [4.78, 5) is 1.53. The van der Waals surface area contributed by atoms with E-state index in [1.807, 2.05) is 7.05 Å². The Hall–Kier alpha value is -1.01. The Kier molecular flexibility index (Phi) is 3.79. The average Bonchev–Trinajstić information content (AvgIpc) is 3.10. The molecule has 4 unspecified atom stereocenters. The van der Waals surface area contributed by atoms with E-state index in [4.69, 9.17) is 4.74 Å². The Balaban J connectivity index is 1.66. The van der Waals surface area contributed by atoms with Crippen LogP contribution in [0.1, 0.15) is 38.4 Å². The molecule has 1 N–H and O–H groups in total. The van der Waals surface area contributed by atoms with Crippen molar-refractivity contribution in [3.8, 4) is 0 Å². The first kappa shape index (κ1) is 13.0. The summed E-state index contributed by atoms with van der Waals surface area (Å²) in [5.41, 5.74) is 0. The van der Waals surface area contributed by atoms with Gasteiger partial charge in [-0.2, -0.15) is 4.80 Å². The molecule has 1 aromatic rings. The maximum Gasteiger partial charge on any atom is 0.176 e. The predicted octanol–water partition coefficient (Wildman–Crippen LogP) is 0.688. The van der Waals surface area contributed by atoms with Crippen LogP contribution >= 0.6 is 0 Å². The fourth-order valence-electron chi connectivity index (χ4n) is 3.41. The highest BCUT2D eigenvalue weighted by atomic mass is 16.5. The van der Waals surface area contributed by atoms with Crippen molar-refractivity contribution in [3.05, 3.63) is 5.82 Å². The van der Waals surface area contributed by atoms with Gasteiger partial charge >= 0.3 is 0 Å². The summed E-state index contributed by atoms with van der Waals surface area (Å²) in [6.45, 7) is 3.24. The highest BCUT2D eigenvalue weighted by molar-refractivity contribution is 4.98. The number of aryl methyl sites for hydroxylation is 1. The molecule has 2 saturated heterocycles. The van der Waals surface area contributed by atoms with E-state index in [0.717, 1.165) is 25.2 Å². The van der Waals surface area contributed by atoms with Crippen LogP contribution in [0.15, 0.2) is 0 Å². The van der Waals surface area contributed by atoms with E-state index < -0.39 is 0 Å². The number of nitrogens with one attached hydrogen (secondary N) is 1. The van der Waals surface area contributed by atoms with E-state index in [9.17, 15) is 0 Å². The van der Waals surface area contributed by atoms with Gasteiger partial charge in [-0.1, -0.05) is 6.92 Å². The molecule has 2 bridgehead atoms. The Labute approximate surface area is 113 Å². The van der Waals surface area contributed by atoms with Crippen LogP contribution < -0.4 is 5.32 Å². The van der Waals surface area contributed by atoms with Crippen molar-refractivity contribution in [3.63, 3.8) is 0 Å². The second-order valence-electron chi connectivity index (χ2n) is 5.73. The van der Waals surface area contributed by atoms with Gasteiger partial charge in [0.1, 0.15) is 0 Å². The highest BCUT2D eigenvalue weighted by Crippen LogP contribution is 2.40. The van der Waals surface area contributed by atoms with Gasteiger partial charge in [0.15, 0.2) is 5.82 Å². The summed E-state index contributed by atoms with van der Waals surface area (Å²) >= 11 is 0. The van der Waals surface area contributed by atoms with Gasteiger partial charge < -0.3 is 10.1 Å². The molecule has 0 radical (unpaired) electrons. The summed E-state index contributed by atoms with van der Waals surface area (Å²) in [6.07, 6.45) is 6.58. The molecule has 0 saturated carbocycles.